The molecule has 0 aliphatic heterocycles. The van der Waals surface area contributed by atoms with Gasteiger partial charge in [0.15, 0.2) is 0 Å². The molecule has 1 unspecified atom stereocenters. The Labute approximate surface area is 120 Å². The second-order valence-corrected chi connectivity index (χ2v) is 5.69. The van der Waals surface area contributed by atoms with Crippen molar-refractivity contribution in [3.8, 4) is 0 Å². The lowest BCUT2D eigenvalue weighted by Gasteiger charge is -2.18. The van der Waals surface area contributed by atoms with Crippen molar-refractivity contribution in [3.05, 3.63) is 44.6 Å². The molecule has 0 bridgehead atoms. The van der Waals surface area contributed by atoms with Crippen molar-refractivity contribution >= 4 is 27.3 Å². The van der Waals surface area contributed by atoms with Gasteiger partial charge in [-0.25, -0.2) is 9.97 Å². The maximum atomic E-state index is 4.53. The molecule has 0 saturated carbocycles. The minimum absolute atomic E-state index is 0.132. The van der Waals surface area contributed by atoms with Crippen molar-refractivity contribution in [1.29, 1.82) is 0 Å². The Morgan fingerprint density at radius 1 is 1.44 bits per heavy atom. The van der Waals surface area contributed by atoms with E-state index in [1.165, 1.54) is 5.56 Å². The number of aryl methyl sites for hydroxylation is 1. The summed E-state index contributed by atoms with van der Waals surface area (Å²) in [6.07, 6.45) is 2.92. The Morgan fingerprint density at radius 3 is 2.89 bits per heavy atom. The van der Waals surface area contributed by atoms with E-state index in [0.717, 1.165) is 29.0 Å². The molecule has 0 saturated heterocycles. The number of halogens is 1. The Morgan fingerprint density at radius 2 is 2.28 bits per heavy atom. The molecule has 5 heteroatoms. The predicted molar refractivity (Wildman–Crippen MR) is 78.9 cm³/mol. The molecule has 2 aromatic heterocycles. The van der Waals surface area contributed by atoms with Crippen molar-refractivity contribution in [2.75, 3.05) is 6.54 Å². The van der Waals surface area contributed by atoms with Gasteiger partial charge in [-0.1, -0.05) is 6.92 Å². The van der Waals surface area contributed by atoms with Gasteiger partial charge in [-0.2, -0.15) is 11.3 Å². The fourth-order valence-electron chi connectivity index (χ4n) is 1.80. The third-order valence-corrected chi connectivity index (χ3v) is 4.40. The standard InChI is InChI=1S/C13H16BrN3S/c1-3-5-16-13(10-7-18-8-11(10)14)12-4-6-15-9(2)17-12/h4,6-8,13,16H,3,5H2,1-2H3. The number of thiophene rings is 1. The minimum atomic E-state index is 0.132. The number of nitrogens with one attached hydrogen (secondary N) is 1. The van der Waals surface area contributed by atoms with E-state index in [2.05, 4.69) is 48.9 Å². The highest BCUT2D eigenvalue weighted by Gasteiger charge is 2.18. The smallest absolute Gasteiger partial charge is 0.125 e. The van der Waals surface area contributed by atoms with Crippen LogP contribution in [0.5, 0.6) is 0 Å². The van der Waals surface area contributed by atoms with E-state index in [-0.39, 0.29) is 6.04 Å². The molecule has 2 aromatic rings. The zero-order chi connectivity index (χ0) is 13.0. The predicted octanol–water partition coefficient (Wildman–Crippen LogP) is 3.70. The summed E-state index contributed by atoms with van der Waals surface area (Å²) in [5.41, 5.74) is 2.27. The molecule has 1 atom stereocenters. The summed E-state index contributed by atoms with van der Waals surface area (Å²) in [5.74, 6) is 0.808. The lowest BCUT2D eigenvalue weighted by atomic mass is 10.1. The van der Waals surface area contributed by atoms with Gasteiger partial charge < -0.3 is 5.32 Å². The van der Waals surface area contributed by atoms with Crippen LogP contribution in [-0.2, 0) is 0 Å². The van der Waals surface area contributed by atoms with Crippen molar-refractivity contribution in [2.45, 2.75) is 26.3 Å². The fraction of sp³-hybridized carbons (Fsp3) is 0.385. The van der Waals surface area contributed by atoms with Gasteiger partial charge in [0.25, 0.3) is 0 Å². The molecule has 0 aliphatic rings. The minimum Gasteiger partial charge on any atom is -0.305 e. The Balaban J connectivity index is 2.33. The molecule has 96 valence electrons. The van der Waals surface area contributed by atoms with Crippen molar-refractivity contribution in [1.82, 2.24) is 15.3 Å². The molecule has 0 spiro atoms. The van der Waals surface area contributed by atoms with Gasteiger partial charge >= 0.3 is 0 Å². The highest BCUT2D eigenvalue weighted by molar-refractivity contribution is 9.10. The van der Waals surface area contributed by atoms with Crippen LogP contribution in [0, 0.1) is 6.92 Å². The molecular formula is C13H16BrN3S. The van der Waals surface area contributed by atoms with Gasteiger partial charge in [-0.05, 0) is 52.8 Å². The van der Waals surface area contributed by atoms with E-state index in [1.807, 2.05) is 19.2 Å². The maximum absolute atomic E-state index is 4.53. The van der Waals surface area contributed by atoms with Crippen LogP contribution in [0.3, 0.4) is 0 Å². The average molecular weight is 326 g/mol. The van der Waals surface area contributed by atoms with Crippen LogP contribution >= 0.6 is 27.3 Å². The molecule has 0 aromatic carbocycles. The quantitative estimate of drug-likeness (QED) is 0.910. The van der Waals surface area contributed by atoms with Crippen LogP contribution in [0.4, 0.5) is 0 Å². The fourth-order valence-corrected chi connectivity index (χ4v) is 3.35. The first-order chi connectivity index (χ1) is 8.72. The largest absolute Gasteiger partial charge is 0.305 e. The molecule has 0 fully saturated rings. The van der Waals surface area contributed by atoms with E-state index >= 15 is 0 Å². The molecule has 18 heavy (non-hydrogen) atoms. The number of nitrogens with zero attached hydrogens (tertiary/aromatic N) is 2. The second-order valence-electron chi connectivity index (χ2n) is 4.09. The number of hydrogen-bond acceptors (Lipinski definition) is 4. The number of rotatable bonds is 5. The van der Waals surface area contributed by atoms with E-state index in [1.54, 1.807) is 11.3 Å². The van der Waals surface area contributed by atoms with Gasteiger partial charge in [0.1, 0.15) is 5.82 Å². The first kappa shape index (κ1) is 13.6. The summed E-state index contributed by atoms with van der Waals surface area (Å²) in [6, 6.07) is 2.11. The van der Waals surface area contributed by atoms with Gasteiger partial charge in [0.2, 0.25) is 0 Å². The summed E-state index contributed by atoms with van der Waals surface area (Å²) in [4.78, 5) is 8.69. The van der Waals surface area contributed by atoms with Gasteiger partial charge in [-0.15, -0.1) is 0 Å². The van der Waals surface area contributed by atoms with Crippen LogP contribution in [0.15, 0.2) is 27.5 Å². The monoisotopic (exact) mass is 325 g/mol. The van der Waals surface area contributed by atoms with Crippen LogP contribution in [0.1, 0.15) is 36.5 Å². The molecule has 1 N–H and O–H groups in total. The average Bonchev–Trinajstić information content (AvgIpc) is 2.77. The highest BCUT2D eigenvalue weighted by Crippen LogP contribution is 2.30. The van der Waals surface area contributed by atoms with Crippen LogP contribution in [0.2, 0.25) is 0 Å². The summed E-state index contributed by atoms with van der Waals surface area (Å²) < 4.78 is 1.14. The Hall–Kier alpha value is -0.780. The van der Waals surface area contributed by atoms with E-state index in [9.17, 15) is 0 Å². The zero-order valence-corrected chi connectivity index (χ0v) is 12.9. The second kappa shape index (κ2) is 6.41. The topological polar surface area (TPSA) is 37.8 Å². The SMILES string of the molecule is CCCNC(c1ccnc(C)n1)c1cscc1Br. The molecule has 0 amide bonds. The molecule has 3 nitrogen and oxygen atoms in total. The summed E-state index contributed by atoms with van der Waals surface area (Å²) in [5, 5.41) is 7.81. The first-order valence-corrected chi connectivity index (χ1v) is 7.70. The normalized spacial score (nSPS) is 12.6. The number of aromatic nitrogens is 2. The molecule has 0 aliphatic carbocycles. The van der Waals surface area contributed by atoms with Crippen molar-refractivity contribution in [3.63, 3.8) is 0 Å². The lowest BCUT2D eigenvalue weighted by Crippen LogP contribution is -2.24. The van der Waals surface area contributed by atoms with Gasteiger partial charge in [0, 0.05) is 16.0 Å². The maximum Gasteiger partial charge on any atom is 0.125 e. The van der Waals surface area contributed by atoms with Crippen molar-refractivity contribution < 1.29 is 0 Å². The summed E-state index contributed by atoms with van der Waals surface area (Å²) in [7, 11) is 0. The van der Waals surface area contributed by atoms with E-state index < -0.39 is 0 Å². The zero-order valence-electron chi connectivity index (χ0n) is 10.5. The molecule has 2 rings (SSSR count). The third kappa shape index (κ3) is 3.16. The highest BCUT2D eigenvalue weighted by atomic mass is 79.9. The summed E-state index contributed by atoms with van der Waals surface area (Å²) >= 11 is 5.30. The third-order valence-electron chi connectivity index (χ3n) is 2.65. The van der Waals surface area contributed by atoms with Crippen molar-refractivity contribution in [2.24, 2.45) is 0 Å². The van der Waals surface area contributed by atoms with Crippen LogP contribution in [-0.4, -0.2) is 16.5 Å². The number of hydrogen-bond donors (Lipinski definition) is 1. The Kier molecular flexibility index (Phi) is 4.86. The van der Waals surface area contributed by atoms with E-state index in [0.29, 0.717) is 0 Å². The molecular weight excluding hydrogens is 310 g/mol. The van der Waals surface area contributed by atoms with E-state index in [4.69, 9.17) is 0 Å². The summed E-state index contributed by atoms with van der Waals surface area (Å²) in [6.45, 7) is 5.05. The Bertz CT molecular complexity index is 512. The first-order valence-electron chi connectivity index (χ1n) is 5.97. The van der Waals surface area contributed by atoms with Crippen LogP contribution < -0.4 is 5.32 Å². The van der Waals surface area contributed by atoms with Gasteiger partial charge in [0.05, 0.1) is 11.7 Å². The lowest BCUT2D eigenvalue weighted by molar-refractivity contribution is 0.583. The molecule has 2 heterocycles. The molecule has 0 radical (unpaired) electrons. The van der Waals surface area contributed by atoms with Gasteiger partial charge in [-0.3, -0.25) is 0 Å². The van der Waals surface area contributed by atoms with Crippen LogP contribution in [0.25, 0.3) is 0 Å².